The second-order valence-corrected chi connectivity index (χ2v) is 19.9. The number of hydrogen-bond acceptors (Lipinski definition) is 10. The fraction of sp³-hybridized carbons (Fsp3) is 0.870. The highest BCUT2D eigenvalue weighted by atomic mass is 31.2. The Morgan fingerprint density at radius 2 is 0.742 bits per heavy atom. The first-order valence-corrected chi connectivity index (χ1v) is 28.7. The Bertz CT molecular complexity index is 1210. The van der Waals surface area contributed by atoms with Gasteiger partial charge in [0.25, 0.3) is 0 Å². The van der Waals surface area contributed by atoms with Crippen molar-refractivity contribution >= 4 is 25.7 Å². The topological polar surface area (TPSA) is 155 Å². The standard InChI is InChI=1S/C54H101O11P/c1-4-7-10-13-16-19-21-22-23-24-25-26-27-28-30-33-36-39-42-45-54(58)65-51(47-61-52(56)43-40-37-34-32-29-20-17-14-11-8-5-2)49-63-66(59,60)62-48-50(46-55)64-53(57)44-41-38-35-31-18-15-12-9-6-3/h16,19,22-23,50-51,55H,4-15,17-18,20-21,24-49H2,1-3H3,(H,59,60)/b19-16-,23-22-. The zero-order valence-electron chi connectivity index (χ0n) is 42.7. The summed E-state index contributed by atoms with van der Waals surface area (Å²) in [7, 11) is -4.73. The van der Waals surface area contributed by atoms with Crippen molar-refractivity contribution in [2.24, 2.45) is 0 Å². The van der Waals surface area contributed by atoms with Crippen LogP contribution in [-0.4, -0.2) is 66.5 Å². The van der Waals surface area contributed by atoms with E-state index < -0.39 is 57.8 Å². The molecule has 0 aliphatic rings. The normalized spacial score (nSPS) is 13.6. The van der Waals surface area contributed by atoms with E-state index in [2.05, 4.69) is 45.1 Å². The predicted octanol–water partition coefficient (Wildman–Crippen LogP) is 15.5. The van der Waals surface area contributed by atoms with E-state index in [4.69, 9.17) is 23.3 Å². The average Bonchev–Trinajstić information content (AvgIpc) is 3.30. The molecule has 2 N–H and O–H groups in total. The van der Waals surface area contributed by atoms with E-state index in [1.807, 2.05) is 0 Å². The van der Waals surface area contributed by atoms with Crippen LogP contribution in [0.2, 0.25) is 0 Å². The Morgan fingerprint density at radius 3 is 1.15 bits per heavy atom. The Balaban J connectivity index is 4.67. The van der Waals surface area contributed by atoms with Crippen LogP contribution >= 0.6 is 7.82 Å². The minimum absolute atomic E-state index is 0.168. The van der Waals surface area contributed by atoms with Crippen molar-refractivity contribution in [3.05, 3.63) is 24.3 Å². The first-order valence-electron chi connectivity index (χ1n) is 27.2. The summed E-state index contributed by atoms with van der Waals surface area (Å²) in [6.45, 7) is 4.60. The number of ether oxygens (including phenoxy) is 3. The van der Waals surface area contributed by atoms with Gasteiger partial charge in [-0.2, -0.15) is 0 Å². The molecule has 0 rings (SSSR count). The molecule has 0 radical (unpaired) electrons. The maximum Gasteiger partial charge on any atom is 0.472 e. The van der Waals surface area contributed by atoms with Crippen molar-refractivity contribution < 1.29 is 52.2 Å². The number of unbranched alkanes of at least 4 members (excludes halogenated alkanes) is 30. The number of carbonyl (C=O) groups excluding carboxylic acids is 3. The zero-order valence-corrected chi connectivity index (χ0v) is 43.6. The minimum Gasteiger partial charge on any atom is -0.462 e. The van der Waals surface area contributed by atoms with E-state index in [1.54, 1.807) is 0 Å². The zero-order chi connectivity index (χ0) is 48.4. The van der Waals surface area contributed by atoms with Gasteiger partial charge in [-0.15, -0.1) is 0 Å². The van der Waals surface area contributed by atoms with Crippen molar-refractivity contribution in [2.45, 2.75) is 277 Å². The number of aliphatic hydroxyl groups excluding tert-OH is 1. The number of phosphoric acid groups is 1. The van der Waals surface area contributed by atoms with Crippen LogP contribution in [0.15, 0.2) is 24.3 Å². The van der Waals surface area contributed by atoms with E-state index >= 15 is 0 Å². The Hall–Kier alpha value is -2.04. The van der Waals surface area contributed by atoms with Gasteiger partial charge in [-0.05, 0) is 51.4 Å². The highest BCUT2D eigenvalue weighted by Gasteiger charge is 2.28. The minimum atomic E-state index is -4.73. The molecule has 0 aliphatic carbocycles. The summed E-state index contributed by atoms with van der Waals surface area (Å²) < 4.78 is 39.3. The van der Waals surface area contributed by atoms with Gasteiger partial charge in [0.15, 0.2) is 6.10 Å². The highest BCUT2D eigenvalue weighted by molar-refractivity contribution is 7.47. The number of aliphatic hydroxyl groups is 1. The third-order valence-corrected chi connectivity index (χ3v) is 12.8. The lowest BCUT2D eigenvalue weighted by atomic mass is 10.1. The summed E-state index contributed by atoms with van der Waals surface area (Å²) in [5.41, 5.74) is 0. The molecule has 0 saturated heterocycles. The molecule has 0 saturated carbocycles. The number of hydrogen-bond donors (Lipinski definition) is 2. The van der Waals surface area contributed by atoms with Crippen LogP contribution in [0.3, 0.4) is 0 Å². The van der Waals surface area contributed by atoms with Crippen molar-refractivity contribution in [2.75, 3.05) is 26.4 Å². The Labute approximate surface area is 404 Å². The number of rotatable bonds is 51. The largest absolute Gasteiger partial charge is 0.472 e. The molecule has 3 unspecified atom stereocenters. The van der Waals surface area contributed by atoms with Crippen LogP contribution in [-0.2, 0) is 42.2 Å². The fourth-order valence-corrected chi connectivity index (χ4v) is 8.47. The third-order valence-electron chi connectivity index (χ3n) is 11.9. The maximum absolute atomic E-state index is 12.9. The van der Waals surface area contributed by atoms with Crippen LogP contribution < -0.4 is 0 Å². The summed E-state index contributed by atoms with van der Waals surface area (Å²) in [6.07, 6.45) is 47.2. The second-order valence-electron chi connectivity index (χ2n) is 18.4. The lowest BCUT2D eigenvalue weighted by Gasteiger charge is -2.21. The van der Waals surface area contributed by atoms with E-state index in [1.165, 1.54) is 135 Å². The van der Waals surface area contributed by atoms with Crippen LogP contribution in [0.4, 0.5) is 0 Å². The van der Waals surface area contributed by atoms with Crippen molar-refractivity contribution in [1.29, 1.82) is 0 Å². The van der Waals surface area contributed by atoms with Gasteiger partial charge in [-0.3, -0.25) is 23.4 Å². The molecule has 0 heterocycles. The van der Waals surface area contributed by atoms with Crippen LogP contribution in [0, 0.1) is 0 Å². The number of allylic oxidation sites excluding steroid dienone is 4. The lowest BCUT2D eigenvalue weighted by Crippen LogP contribution is -2.30. The van der Waals surface area contributed by atoms with Crippen LogP contribution in [0.25, 0.3) is 0 Å². The summed E-state index contributed by atoms with van der Waals surface area (Å²) in [5.74, 6) is -1.45. The van der Waals surface area contributed by atoms with Gasteiger partial charge in [-0.1, -0.05) is 218 Å². The van der Waals surface area contributed by atoms with Gasteiger partial charge in [0.1, 0.15) is 12.7 Å². The third kappa shape index (κ3) is 47.0. The van der Waals surface area contributed by atoms with Gasteiger partial charge < -0.3 is 24.2 Å². The molecular weight excluding hydrogens is 856 g/mol. The predicted molar refractivity (Wildman–Crippen MR) is 270 cm³/mol. The number of esters is 3. The van der Waals surface area contributed by atoms with E-state index in [0.717, 1.165) is 70.6 Å². The molecule has 3 atom stereocenters. The number of carbonyl (C=O) groups is 3. The fourth-order valence-electron chi connectivity index (χ4n) is 7.68. The second kappa shape index (κ2) is 49.4. The summed E-state index contributed by atoms with van der Waals surface area (Å²) in [6, 6.07) is 0. The van der Waals surface area contributed by atoms with Crippen molar-refractivity contribution in [3.63, 3.8) is 0 Å². The van der Waals surface area contributed by atoms with E-state index in [0.29, 0.717) is 19.3 Å². The van der Waals surface area contributed by atoms with Crippen molar-refractivity contribution in [3.8, 4) is 0 Å². The average molecular weight is 957 g/mol. The molecule has 0 aliphatic heterocycles. The molecule has 66 heavy (non-hydrogen) atoms. The SMILES string of the molecule is CCCCC/C=C\C/C=C\CCCCCCCCCCCC(=O)OC(COC(=O)CCCCCCCCCCCCC)COP(=O)(O)OCC(CO)OC(=O)CCCCCCCCCCC. The van der Waals surface area contributed by atoms with Gasteiger partial charge in [0.05, 0.1) is 19.8 Å². The van der Waals surface area contributed by atoms with Gasteiger partial charge >= 0.3 is 25.7 Å². The van der Waals surface area contributed by atoms with Gasteiger partial charge in [-0.25, -0.2) is 4.57 Å². The highest BCUT2D eigenvalue weighted by Crippen LogP contribution is 2.43. The lowest BCUT2D eigenvalue weighted by molar-refractivity contribution is -0.161. The molecule has 0 aromatic rings. The summed E-state index contributed by atoms with van der Waals surface area (Å²) in [5, 5.41) is 9.75. The summed E-state index contributed by atoms with van der Waals surface area (Å²) in [4.78, 5) is 48.3. The molecule has 12 heteroatoms. The smallest absolute Gasteiger partial charge is 0.462 e. The molecule has 0 fully saturated rings. The first kappa shape index (κ1) is 64.0. The van der Waals surface area contributed by atoms with E-state index in [9.17, 15) is 28.9 Å². The van der Waals surface area contributed by atoms with Gasteiger partial charge in [0.2, 0.25) is 0 Å². The van der Waals surface area contributed by atoms with Crippen LogP contribution in [0.1, 0.15) is 265 Å². The molecule has 11 nitrogen and oxygen atoms in total. The molecule has 0 spiro atoms. The Morgan fingerprint density at radius 1 is 0.424 bits per heavy atom. The monoisotopic (exact) mass is 957 g/mol. The molecular formula is C54H101O11P. The van der Waals surface area contributed by atoms with Gasteiger partial charge in [0, 0.05) is 19.3 Å². The molecule has 0 aromatic carbocycles. The maximum atomic E-state index is 12.9. The van der Waals surface area contributed by atoms with Crippen molar-refractivity contribution in [1.82, 2.24) is 0 Å². The molecule has 388 valence electrons. The molecule has 0 amide bonds. The van der Waals surface area contributed by atoms with E-state index in [-0.39, 0.29) is 25.9 Å². The Kier molecular flexibility index (Phi) is 47.9. The number of phosphoric ester groups is 1. The molecule has 0 aromatic heterocycles. The first-order chi connectivity index (χ1) is 32.2. The quantitative estimate of drug-likeness (QED) is 0.0197. The summed E-state index contributed by atoms with van der Waals surface area (Å²) >= 11 is 0. The molecule has 0 bridgehead atoms. The van der Waals surface area contributed by atoms with Crippen LogP contribution in [0.5, 0.6) is 0 Å².